The van der Waals surface area contributed by atoms with Crippen LogP contribution in [0, 0.1) is 13.8 Å². The smallest absolute Gasteiger partial charge is 0.191 e. The number of thiazole rings is 1. The number of guanidine groups is 1. The zero-order valence-electron chi connectivity index (χ0n) is 16.3. The molecule has 0 saturated carbocycles. The first kappa shape index (κ1) is 23.0. The molecule has 0 saturated heterocycles. The quantitative estimate of drug-likeness (QED) is 0.331. The molecule has 154 valence electrons. The van der Waals surface area contributed by atoms with Crippen LogP contribution in [-0.4, -0.2) is 37.2 Å². The summed E-state index contributed by atoms with van der Waals surface area (Å²) in [6, 6.07) is 3.93. The summed E-state index contributed by atoms with van der Waals surface area (Å²) in [7, 11) is 0. The van der Waals surface area contributed by atoms with E-state index in [4.69, 9.17) is 21.1 Å². The Labute approximate surface area is 192 Å². The molecule has 1 aliphatic rings. The number of benzene rings is 1. The van der Waals surface area contributed by atoms with E-state index in [-0.39, 0.29) is 24.0 Å². The van der Waals surface area contributed by atoms with Gasteiger partial charge >= 0.3 is 0 Å². The van der Waals surface area contributed by atoms with Crippen molar-refractivity contribution in [3.05, 3.63) is 38.3 Å². The standard InChI is InChI=1S/C19H25ClN4O2S.HI/c1-4-21-19(23-11-17-12(2)24-13(3)27-17)22-6-5-14-9-15(20)18-16(10-14)25-7-8-26-18;/h9-10H,4-8,11H2,1-3H3,(H2,21,22,23);1H. The fourth-order valence-electron chi connectivity index (χ4n) is 2.85. The molecule has 6 nitrogen and oxygen atoms in total. The molecule has 2 N–H and O–H groups in total. The molecule has 0 radical (unpaired) electrons. The van der Waals surface area contributed by atoms with Gasteiger partial charge in [0.05, 0.1) is 22.3 Å². The van der Waals surface area contributed by atoms with E-state index >= 15 is 0 Å². The highest BCUT2D eigenvalue weighted by Crippen LogP contribution is 2.38. The predicted molar refractivity (Wildman–Crippen MR) is 126 cm³/mol. The first-order valence-corrected chi connectivity index (χ1v) is 10.3. The number of rotatable bonds is 6. The maximum Gasteiger partial charge on any atom is 0.191 e. The van der Waals surface area contributed by atoms with E-state index in [0.717, 1.165) is 47.5 Å². The maximum absolute atomic E-state index is 6.31. The van der Waals surface area contributed by atoms with Crippen molar-refractivity contribution in [2.75, 3.05) is 26.3 Å². The highest BCUT2D eigenvalue weighted by Gasteiger charge is 2.16. The monoisotopic (exact) mass is 536 g/mol. The second-order valence-corrected chi connectivity index (χ2v) is 7.91. The van der Waals surface area contributed by atoms with Crippen LogP contribution in [0.4, 0.5) is 0 Å². The summed E-state index contributed by atoms with van der Waals surface area (Å²) in [6.45, 7) is 9.37. The molecule has 28 heavy (non-hydrogen) atoms. The van der Waals surface area contributed by atoms with Gasteiger partial charge < -0.3 is 20.1 Å². The molecule has 0 atom stereocenters. The van der Waals surface area contributed by atoms with Crippen LogP contribution >= 0.6 is 46.9 Å². The Balaban J connectivity index is 0.00000280. The highest BCUT2D eigenvalue weighted by atomic mass is 127. The van der Waals surface area contributed by atoms with Gasteiger partial charge in [-0.05, 0) is 44.9 Å². The largest absolute Gasteiger partial charge is 0.486 e. The van der Waals surface area contributed by atoms with Crippen molar-refractivity contribution in [1.82, 2.24) is 15.6 Å². The van der Waals surface area contributed by atoms with Gasteiger partial charge in [-0.25, -0.2) is 9.98 Å². The van der Waals surface area contributed by atoms with Gasteiger partial charge in [0.25, 0.3) is 0 Å². The number of halogens is 2. The number of fused-ring (bicyclic) bond motifs is 1. The molecule has 1 aromatic carbocycles. The maximum atomic E-state index is 6.31. The number of aliphatic imine (C=N–C) groups is 1. The minimum absolute atomic E-state index is 0. The van der Waals surface area contributed by atoms with Crippen LogP contribution in [0.2, 0.25) is 5.02 Å². The molecule has 3 rings (SSSR count). The Hall–Kier alpha value is -1.26. The number of aromatic nitrogens is 1. The van der Waals surface area contributed by atoms with E-state index < -0.39 is 0 Å². The molecule has 2 heterocycles. The first-order chi connectivity index (χ1) is 13.1. The summed E-state index contributed by atoms with van der Waals surface area (Å²) in [5.41, 5.74) is 2.16. The molecule has 0 aliphatic carbocycles. The summed E-state index contributed by atoms with van der Waals surface area (Å²) in [6.07, 6.45) is 0.805. The number of aryl methyl sites for hydroxylation is 2. The van der Waals surface area contributed by atoms with Crippen LogP contribution in [-0.2, 0) is 13.0 Å². The summed E-state index contributed by atoms with van der Waals surface area (Å²) in [5.74, 6) is 2.16. The van der Waals surface area contributed by atoms with Crippen molar-refractivity contribution < 1.29 is 9.47 Å². The van der Waals surface area contributed by atoms with Crippen molar-refractivity contribution in [2.24, 2.45) is 4.99 Å². The van der Waals surface area contributed by atoms with Gasteiger partial charge in [0, 0.05) is 18.0 Å². The molecule has 1 aliphatic heterocycles. The zero-order chi connectivity index (χ0) is 19.2. The second-order valence-electron chi connectivity index (χ2n) is 6.22. The Morgan fingerprint density at radius 1 is 1.25 bits per heavy atom. The average Bonchev–Trinajstić information content (AvgIpc) is 2.97. The SMILES string of the molecule is CCNC(=NCc1sc(C)nc1C)NCCc1cc(Cl)c2c(c1)OCCO2.I. The van der Waals surface area contributed by atoms with Crippen molar-refractivity contribution in [1.29, 1.82) is 0 Å². The van der Waals surface area contributed by atoms with Crippen LogP contribution in [0.15, 0.2) is 17.1 Å². The molecular formula is C19H26ClIN4O2S. The highest BCUT2D eigenvalue weighted by molar-refractivity contribution is 14.0. The molecule has 0 unspecified atom stereocenters. The Bertz CT molecular complexity index is 829. The zero-order valence-corrected chi connectivity index (χ0v) is 20.2. The molecular weight excluding hydrogens is 511 g/mol. The van der Waals surface area contributed by atoms with Crippen molar-refractivity contribution in [2.45, 2.75) is 33.7 Å². The van der Waals surface area contributed by atoms with Crippen molar-refractivity contribution in [3.63, 3.8) is 0 Å². The molecule has 9 heteroatoms. The third kappa shape index (κ3) is 6.12. The van der Waals surface area contributed by atoms with Crippen LogP contribution in [0.25, 0.3) is 0 Å². The minimum atomic E-state index is 0. The number of nitrogens with zero attached hydrogens (tertiary/aromatic N) is 2. The first-order valence-electron chi connectivity index (χ1n) is 9.10. The normalized spacial score (nSPS) is 13.1. The Morgan fingerprint density at radius 3 is 2.75 bits per heavy atom. The van der Waals surface area contributed by atoms with Crippen molar-refractivity contribution >= 4 is 52.9 Å². The lowest BCUT2D eigenvalue weighted by Gasteiger charge is -2.20. The average molecular weight is 537 g/mol. The molecule has 1 aromatic heterocycles. The van der Waals surface area contributed by atoms with Gasteiger partial charge in [-0.2, -0.15) is 0 Å². The van der Waals surface area contributed by atoms with Gasteiger partial charge in [0.1, 0.15) is 13.2 Å². The fraction of sp³-hybridized carbons (Fsp3) is 0.474. The number of hydrogen-bond donors (Lipinski definition) is 2. The van der Waals surface area contributed by atoms with Gasteiger partial charge in [0.2, 0.25) is 0 Å². The van der Waals surface area contributed by atoms with Crippen LogP contribution in [0.3, 0.4) is 0 Å². The molecule has 0 bridgehead atoms. The van der Waals surface area contributed by atoms with E-state index in [1.807, 2.05) is 26.0 Å². The fourth-order valence-corrected chi connectivity index (χ4v) is 4.00. The number of ether oxygens (including phenoxy) is 2. The van der Waals surface area contributed by atoms with Gasteiger partial charge in [-0.3, -0.25) is 0 Å². The topological polar surface area (TPSA) is 67.8 Å². The third-order valence-electron chi connectivity index (χ3n) is 4.09. The molecule has 2 aromatic rings. The Morgan fingerprint density at radius 2 is 2.04 bits per heavy atom. The van der Waals surface area contributed by atoms with E-state index in [9.17, 15) is 0 Å². The van der Waals surface area contributed by atoms with Gasteiger partial charge in [-0.15, -0.1) is 35.3 Å². The summed E-state index contributed by atoms with van der Waals surface area (Å²) >= 11 is 8.00. The van der Waals surface area contributed by atoms with E-state index in [1.54, 1.807) is 11.3 Å². The lowest BCUT2D eigenvalue weighted by atomic mass is 10.1. The molecule has 0 amide bonds. The summed E-state index contributed by atoms with van der Waals surface area (Å²) < 4.78 is 11.2. The Kier molecular flexibility index (Phi) is 9.10. The van der Waals surface area contributed by atoms with Crippen LogP contribution in [0.1, 0.15) is 28.1 Å². The minimum Gasteiger partial charge on any atom is -0.486 e. The van der Waals surface area contributed by atoms with Gasteiger partial charge in [-0.1, -0.05) is 11.6 Å². The van der Waals surface area contributed by atoms with Crippen molar-refractivity contribution in [3.8, 4) is 11.5 Å². The van der Waals surface area contributed by atoms with E-state index in [2.05, 4.69) is 27.5 Å². The van der Waals surface area contributed by atoms with Crippen LogP contribution in [0.5, 0.6) is 11.5 Å². The van der Waals surface area contributed by atoms with Crippen LogP contribution < -0.4 is 20.1 Å². The van der Waals surface area contributed by atoms with E-state index in [0.29, 0.717) is 30.5 Å². The lowest BCUT2D eigenvalue weighted by molar-refractivity contribution is 0.171. The van der Waals surface area contributed by atoms with E-state index in [1.165, 1.54) is 4.88 Å². The lowest BCUT2D eigenvalue weighted by Crippen LogP contribution is -2.38. The number of hydrogen-bond acceptors (Lipinski definition) is 5. The predicted octanol–water partition coefficient (Wildman–Crippen LogP) is 4.10. The third-order valence-corrected chi connectivity index (χ3v) is 5.43. The molecule has 0 fully saturated rings. The van der Waals surface area contributed by atoms with Gasteiger partial charge in [0.15, 0.2) is 17.5 Å². The molecule has 0 spiro atoms. The number of nitrogens with one attached hydrogen (secondary N) is 2. The second kappa shape index (κ2) is 11.1. The summed E-state index contributed by atoms with van der Waals surface area (Å²) in [5, 5.41) is 8.32. The summed E-state index contributed by atoms with van der Waals surface area (Å²) in [4.78, 5) is 10.3.